The van der Waals surface area contributed by atoms with Crippen LogP contribution < -0.4 is 10.1 Å². The molecule has 0 aliphatic carbocycles. The van der Waals surface area contributed by atoms with E-state index >= 15 is 0 Å². The first-order valence-corrected chi connectivity index (χ1v) is 7.27. The summed E-state index contributed by atoms with van der Waals surface area (Å²) in [6.45, 7) is 2.63. The van der Waals surface area contributed by atoms with Crippen molar-refractivity contribution in [3.05, 3.63) is 28.2 Å². The quantitative estimate of drug-likeness (QED) is 0.774. The fraction of sp³-hybridized carbons (Fsp3) is 0.500. The minimum atomic E-state index is -0.201. The number of ether oxygens (including phenoxy) is 1. The molecule has 0 aromatic heterocycles. The second kappa shape index (κ2) is 9.06. The third kappa shape index (κ3) is 5.99. The number of nitrogens with one attached hydrogen (secondary N) is 1. The molecule has 2 N–H and O–H groups in total. The summed E-state index contributed by atoms with van der Waals surface area (Å²) in [6, 6.07) is 4.84. The van der Waals surface area contributed by atoms with Crippen LogP contribution >= 0.6 is 23.2 Å². The van der Waals surface area contributed by atoms with E-state index in [9.17, 15) is 4.79 Å². The Hall–Kier alpha value is -0.970. The van der Waals surface area contributed by atoms with E-state index < -0.39 is 0 Å². The predicted octanol–water partition coefficient (Wildman–Crippen LogP) is 2.90. The van der Waals surface area contributed by atoms with Gasteiger partial charge in [0.1, 0.15) is 5.75 Å². The third-order valence-corrected chi connectivity index (χ3v) is 3.70. The van der Waals surface area contributed by atoms with Gasteiger partial charge in [0.25, 0.3) is 5.91 Å². The Labute approximate surface area is 129 Å². The van der Waals surface area contributed by atoms with Gasteiger partial charge in [0.2, 0.25) is 0 Å². The molecule has 1 unspecified atom stereocenters. The zero-order chi connectivity index (χ0) is 15.0. The molecule has 4 nitrogen and oxygen atoms in total. The number of benzene rings is 1. The predicted molar refractivity (Wildman–Crippen MR) is 80.5 cm³/mol. The molecule has 112 valence electrons. The van der Waals surface area contributed by atoms with Crippen LogP contribution in [-0.2, 0) is 4.79 Å². The van der Waals surface area contributed by atoms with Crippen molar-refractivity contribution < 1.29 is 14.6 Å². The average molecular weight is 320 g/mol. The largest absolute Gasteiger partial charge is 0.484 e. The Kier molecular flexibility index (Phi) is 7.73. The van der Waals surface area contributed by atoms with Gasteiger partial charge in [-0.1, -0.05) is 36.5 Å². The van der Waals surface area contributed by atoms with E-state index in [1.807, 2.05) is 6.92 Å². The number of amides is 1. The molecule has 1 rings (SSSR count). The molecule has 1 aromatic carbocycles. The maximum atomic E-state index is 11.6. The molecule has 0 saturated carbocycles. The van der Waals surface area contributed by atoms with Crippen molar-refractivity contribution in [2.45, 2.75) is 19.8 Å². The maximum absolute atomic E-state index is 11.6. The molecule has 0 spiro atoms. The van der Waals surface area contributed by atoms with Gasteiger partial charge in [0.05, 0.1) is 10.0 Å². The van der Waals surface area contributed by atoms with Gasteiger partial charge in [-0.3, -0.25) is 4.79 Å². The van der Waals surface area contributed by atoms with Crippen molar-refractivity contribution in [1.82, 2.24) is 5.32 Å². The van der Waals surface area contributed by atoms with Gasteiger partial charge in [0, 0.05) is 19.2 Å². The number of hydrogen-bond donors (Lipinski definition) is 2. The summed E-state index contributed by atoms with van der Waals surface area (Å²) >= 11 is 11.6. The van der Waals surface area contributed by atoms with Crippen molar-refractivity contribution in [2.24, 2.45) is 5.92 Å². The molecule has 0 saturated heterocycles. The Bertz CT molecular complexity index is 440. The smallest absolute Gasteiger partial charge is 0.257 e. The van der Waals surface area contributed by atoms with Crippen LogP contribution in [0, 0.1) is 5.92 Å². The van der Waals surface area contributed by atoms with E-state index in [0.29, 0.717) is 28.8 Å². The van der Waals surface area contributed by atoms with Crippen LogP contribution in [-0.4, -0.2) is 30.8 Å². The lowest BCUT2D eigenvalue weighted by molar-refractivity contribution is -0.123. The molecule has 6 heteroatoms. The molecule has 0 aliphatic rings. The van der Waals surface area contributed by atoms with Crippen molar-refractivity contribution in [1.29, 1.82) is 0 Å². The third-order valence-electron chi connectivity index (χ3n) is 2.96. The maximum Gasteiger partial charge on any atom is 0.257 e. The van der Waals surface area contributed by atoms with Crippen molar-refractivity contribution >= 4 is 29.1 Å². The number of aliphatic hydroxyl groups is 1. The fourth-order valence-electron chi connectivity index (χ4n) is 1.66. The highest BCUT2D eigenvalue weighted by molar-refractivity contribution is 6.42. The van der Waals surface area contributed by atoms with E-state index in [-0.39, 0.29) is 25.0 Å². The van der Waals surface area contributed by atoms with Crippen molar-refractivity contribution in [2.75, 3.05) is 19.8 Å². The van der Waals surface area contributed by atoms with Crippen LogP contribution in [0.3, 0.4) is 0 Å². The van der Waals surface area contributed by atoms with Crippen LogP contribution in [0.1, 0.15) is 19.8 Å². The zero-order valence-corrected chi connectivity index (χ0v) is 12.9. The molecular formula is C14H19Cl2NO3. The lowest BCUT2D eigenvalue weighted by atomic mass is 10.0. The topological polar surface area (TPSA) is 58.6 Å². The summed E-state index contributed by atoms with van der Waals surface area (Å²) in [5, 5.41) is 12.5. The highest BCUT2D eigenvalue weighted by Gasteiger charge is 2.09. The first-order valence-electron chi connectivity index (χ1n) is 6.52. The summed E-state index contributed by atoms with van der Waals surface area (Å²) in [6.07, 6.45) is 1.60. The number of halogens is 2. The van der Waals surface area contributed by atoms with E-state index in [2.05, 4.69) is 5.32 Å². The molecular weight excluding hydrogens is 301 g/mol. The van der Waals surface area contributed by atoms with E-state index in [4.69, 9.17) is 33.0 Å². The number of rotatable bonds is 8. The van der Waals surface area contributed by atoms with E-state index in [1.165, 1.54) is 0 Å². The average Bonchev–Trinajstić information content (AvgIpc) is 2.44. The second-order valence-electron chi connectivity index (χ2n) is 4.46. The van der Waals surface area contributed by atoms with Crippen LogP contribution in [0.15, 0.2) is 18.2 Å². The van der Waals surface area contributed by atoms with Crippen molar-refractivity contribution in [3.63, 3.8) is 0 Å². The second-order valence-corrected chi connectivity index (χ2v) is 5.27. The Morgan fingerprint density at radius 1 is 1.40 bits per heavy atom. The molecule has 0 bridgehead atoms. The van der Waals surface area contributed by atoms with Gasteiger partial charge in [-0.15, -0.1) is 0 Å². The summed E-state index contributed by atoms with van der Waals surface area (Å²) in [5.41, 5.74) is 0. The van der Waals surface area contributed by atoms with Gasteiger partial charge in [0.15, 0.2) is 6.61 Å². The summed E-state index contributed by atoms with van der Waals surface area (Å²) < 4.78 is 5.33. The minimum Gasteiger partial charge on any atom is -0.484 e. The van der Waals surface area contributed by atoms with Crippen LogP contribution in [0.5, 0.6) is 5.75 Å². The van der Waals surface area contributed by atoms with E-state index in [1.54, 1.807) is 18.2 Å². The minimum absolute atomic E-state index is 0.0759. The molecule has 1 atom stereocenters. The van der Waals surface area contributed by atoms with Gasteiger partial charge in [-0.05, 0) is 24.5 Å². The first-order chi connectivity index (χ1) is 9.56. The standard InChI is InChI=1S/C14H19Cl2NO3/c1-2-10(5-6-18)8-17-14(19)9-20-11-3-4-12(15)13(16)7-11/h3-4,7,10,18H,2,5-6,8-9H2,1H3,(H,17,19). The Morgan fingerprint density at radius 3 is 2.75 bits per heavy atom. The highest BCUT2D eigenvalue weighted by Crippen LogP contribution is 2.26. The number of carbonyl (C=O) groups excluding carboxylic acids is 1. The first kappa shape index (κ1) is 17.1. The van der Waals surface area contributed by atoms with Crippen LogP contribution in [0.2, 0.25) is 10.0 Å². The SMILES string of the molecule is CCC(CCO)CNC(=O)COc1ccc(Cl)c(Cl)c1. The Balaban J connectivity index is 2.34. The van der Waals surface area contributed by atoms with Crippen LogP contribution in [0.4, 0.5) is 0 Å². The summed E-state index contributed by atoms with van der Waals surface area (Å²) in [5.74, 6) is 0.582. The monoisotopic (exact) mass is 319 g/mol. The normalized spacial score (nSPS) is 12.0. The van der Waals surface area contributed by atoms with Gasteiger partial charge >= 0.3 is 0 Å². The highest BCUT2D eigenvalue weighted by atomic mass is 35.5. The fourth-order valence-corrected chi connectivity index (χ4v) is 1.95. The molecule has 1 aromatic rings. The van der Waals surface area contributed by atoms with Gasteiger partial charge < -0.3 is 15.2 Å². The molecule has 0 fully saturated rings. The van der Waals surface area contributed by atoms with Crippen molar-refractivity contribution in [3.8, 4) is 5.75 Å². The number of hydrogen-bond acceptors (Lipinski definition) is 3. The summed E-state index contributed by atoms with van der Waals surface area (Å²) in [4.78, 5) is 11.6. The van der Waals surface area contributed by atoms with E-state index in [0.717, 1.165) is 6.42 Å². The molecule has 0 heterocycles. The van der Waals surface area contributed by atoms with Gasteiger partial charge in [-0.2, -0.15) is 0 Å². The molecule has 0 aliphatic heterocycles. The molecule has 0 radical (unpaired) electrons. The zero-order valence-electron chi connectivity index (χ0n) is 11.4. The van der Waals surface area contributed by atoms with Crippen LogP contribution in [0.25, 0.3) is 0 Å². The lowest BCUT2D eigenvalue weighted by Crippen LogP contribution is -2.33. The van der Waals surface area contributed by atoms with Gasteiger partial charge in [-0.25, -0.2) is 0 Å². The lowest BCUT2D eigenvalue weighted by Gasteiger charge is -2.14. The number of aliphatic hydroxyl groups excluding tert-OH is 1. The molecule has 1 amide bonds. The number of carbonyl (C=O) groups is 1. The Morgan fingerprint density at radius 2 is 2.15 bits per heavy atom. The molecule has 20 heavy (non-hydrogen) atoms. The summed E-state index contributed by atoms with van der Waals surface area (Å²) in [7, 11) is 0.